The summed E-state index contributed by atoms with van der Waals surface area (Å²) in [6, 6.07) is 10.4. The van der Waals surface area contributed by atoms with Gasteiger partial charge >= 0.3 is 12.0 Å². The zero-order valence-electron chi connectivity index (χ0n) is 16.8. The Labute approximate surface area is 177 Å². The lowest BCUT2D eigenvalue weighted by molar-refractivity contribution is -0.133. The maximum Gasteiger partial charge on any atom is 0.337 e. The van der Waals surface area contributed by atoms with Crippen LogP contribution in [0.25, 0.3) is 0 Å². The van der Waals surface area contributed by atoms with E-state index in [1.165, 1.54) is 19.2 Å². The fourth-order valence-electron chi connectivity index (χ4n) is 3.43. The van der Waals surface area contributed by atoms with Gasteiger partial charge in [-0.25, -0.2) is 9.59 Å². The molecule has 0 aromatic heterocycles. The number of nitrogens with zero attached hydrogens (tertiary/aromatic N) is 1. The molecule has 1 fully saturated rings. The number of methoxy groups -OCH3 is 1. The van der Waals surface area contributed by atoms with Crippen molar-refractivity contribution >= 4 is 29.5 Å². The molecule has 0 spiro atoms. The van der Waals surface area contributed by atoms with Crippen molar-refractivity contribution in [2.24, 2.45) is 0 Å². The van der Waals surface area contributed by atoms with E-state index < -0.39 is 35.9 Å². The minimum atomic E-state index is -1.36. The van der Waals surface area contributed by atoms with Gasteiger partial charge in [-0.2, -0.15) is 0 Å². The van der Waals surface area contributed by atoms with Gasteiger partial charge < -0.3 is 24.8 Å². The zero-order valence-corrected chi connectivity index (χ0v) is 16.8. The summed E-state index contributed by atoms with van der Waals surface area (Å²) in [5, 5.41) is 5.21. The number of nitrogens with one attached hydrogen (secondary N) is 2. The third kappa shape index (κ3) is 3.63. The normalized spacial score (nSPS) is 19.2. The van der Waals surface area contributed by atoms with Crippen LogP contribution in [0.4, 0.5) is 10.5 Å². The summed E-state index contributed by atoms with van der Waals surface area (Å²) in [4.78, 5) is 50.5. The average Bonchev–Trinajstić information content (AvgIpc) is 3.31. The average molecular weight is 425 g/mol. The summed E-state index contributed by atoms with van der Waals surface area (Å²) < 4.78 is 15.3. The van der Waals surface area contributed by atoms with Crippen LogP contribution >= 0.6 is 0 Å². The number of esters is 1. The lowest BCUT2D eigenvalue weighted by Gasteiger charge is -2.22. The van der Waals surface area contributed by atoms with Crippen molar-refractivity contribution in [2.45, 2.75) is 12.5 Å². The smallest absolute Gasteiger partial charge is 0.337 e. The Hall–Kier alpha value is -4.08. The zero-order chi connectivity index (χ0) is 22.2. The number of urea groups is 1. The molecule has 10 nitrogen and oxygen atoms in total. The Balaban J connectivity index is 1.48. The van der Waals surface area contributed by atoms with Crippen LogP contribution in [0.3, 0.4) is 0 Å². The minimum Gasteiger partial charge on any atom is -0.465 e. The number of fused-ring (bicyclic) bond motifs is 1. The molecule has 31 heavy (non-hydrogen) atoms. The highest BCUT2D eigenvalue weighted by Gasteiger charge is 2.49. The standard InChI is InChI=1S/C21H19N3O7/c1-21(13-6-7-15-16(9-13)31-11-30-15)19(27)24(20(28)23-21)10-17(25)22-14-5-3-4-12(8-14)18(26)29-2/h3-9H,10-11H2,1-2H3,(H,22,25)(H,23,28). The highest BCUT2D eigenvalue weighted by Crippen LogP contribution is 2.37. The molecule has 160 valence electrons. The Morgan fingerprint density at radius 1 is 1.16 bits per heavy atom. The van der Waals surface area contributed by atoms with Crippen LogP contribution in [-0.2, 0) is 19.9 Å². The van der Waals surface area contributed by atoms with E-state index in [4.69, 9.17) is 9.47 Å². The molecule has 10 heteroatoms. The van der Waals surface area contributed by atoms with Crippen molar-refractivity contribution in [3.05, 3.63) is 53.6 Å². The van der Waals surface area contributed by atoms with E-state index >= 15 is 0 Å². The molecule has 2 N–H and O–H groups in total. The molecule has 0 radical (unpaired) electrons. The molecule has 0 bridgehead atoms. The predicted octanol–water partition coefficient (Wildman–Crippen LogP) is 1.61. The second-order valence-electron chi connectivity index (χ2n) is 7.14. The van der Waals surface area contributed by atoms with Crippen molar-refractivity contribution in [1.82, 2.24) is 10.2 Å². The third-order valence-electron chi connectivity index (χ3n) is 5.09. The summed E-state index contributed by atoms with van der Waals surface area (Å²) in [6.07, 6.45) is 0. The van der Waals surface area contributed by atoms with E-state index in [0.29, 0.717) is 22.7 Å². The number of carbonyl (C=O) groups is 4. The Morgan fingerprint density at radius 2 is 1.94 bits per heavy atom. The fraction of sp³-hybridized carbons (Fsp3) is 0.238. The van der Waals surface area contributed by atoms with Gasteiger partial charge in [-0.1, -0.05) is 12.1 Å². The first-order valence-corrected chi connectivity index (χ1v) is 9.34. The van der Waals surface area contributed by atoms with Crippen LogP contribution in [0, 0.1) is 0 Å². The van der Waals surface area contributed by atoms with Crippen molar-refractivity contribution in [3.63, 3.8) is 0 Å². The Kier molecular flexibility index (Phi) is 4.97. The molecular weight excluding hydrogens is 406 g/mol. The summed E-state index contributed by atoms with van der Waals surface area (Å²) >= 11 is 0. The molecule has 1 atom stereocenters. The number of hydrogen-bond acceptors (Lipinski definition) is 7. The first-order chi connectivity index (χ1) is 14.8. The molecule has 4 amide bonds. The van der Waals surface area contributed by atoms with Crippen LogP contribution in [0.5, 0.6) is 11.5 Å². The van der Waals surface area contributed by atoms with Gasteiger partial charge in [0, 0.05) is 5.69 Å². The molecule has 2 aliphatic rings. The molecule has 2 heterocycles. The topological polar surface area (TPSA) is 123 Å². The molecule has 2 aromatic carbocycles. The summed E-state index contributed by atoms with van der Waals surface area (Å²) in [7, 11) is 1.25. The summed E-state index contributed by atoms with van der Waals surface area (Å²) in [5.41, 5.74) is -0.267. The van der Waals surface area contributed by atoms with Gasteiger partial charge in [0.2, 0.25) is 12.7 Å². The fourth-order valence-corrected chi connectivity index (χ4v) is 3.43. The quantitative estimate of drug-likeness (QED) is 0.551. The van der Waals surface area contributed by atoms with Crippen LogP contribution in [0.1, 0.15) is 22.8 Å². The number of anilines is 1. The van der Waals surface area contributed by atoms with Gasteiger partial charge in [-0.05, 0) is 42.8 Å². The lowest BCUT2D eigenvalue weighted by atomic mass is 9.91. The molecule has 0 saturated carbocycles. The van der Waals surface area contributed by atoms with Crippen molar-refractivity contribution in [3.8, 4) is 11.5 Å². The second kappa shape index (κ2) is 7.63. The summed E-state index contributed by atoms with van der Waals surface area (Å²) in [5.74, 6) is -0.697. The van der Waals surface area contributed by atoms with Gasteiger partial charge in [0.25, 0.3) is 5.91 Å². The van der Waals surface area contributed by atoms with Crippen molar-refractivity contribution < 1.29 is 33.4 Å². The molecule has 4 rings (SSSR count). The number of amides is 4. The molecule has 0 aliphatic carbocycles. The van der Waals surface area contributed by atoms with E-state index in [0.717, 1.165) is 4.90 Å². The number of imide groups is 1. The first kappa shape index (κ1) is 20.2. The van der Waals surface area contributed by atoms with Crippen LogP contribution in [0.15, 0.2) is 42.5 Å². The lowest BCUT2D eigenvalue weighted by Crippen LogP contribution is -2.42. The maximum absolute atomic E-state index is 13.0. The van der Waals surface area contributed by atoms with E-state index in [9.17, 15) is 19.2 Å². The molecule has 1 saturated heterocycles. The number of carbonyl (C=O) groups excluding carboxylic acids is 4. The highest BCUT2D eigenvalue weighted by molar-refractivity contribution is 6.10. The number of rotatable bonds is 5. The Morgan fingerprint density at radius 3 is 2.71 bits per heavy atom. The predicted molar refractivity (Wildman–Crippen MR) is 107 cm³/mol. The summed E-state index contributed by atoms with van der Waals surface area (Å²) in [6.45, 7) is 1.15. The largest absolute Gasteiger partial charge is 0.465 e. The van der Waals surface area contributed by atoms with E-state index in [1.54, 1.807) is 37.3 Å². The maximum atomic E-state index is 13.0. The molecule has 2 aliphatic heterocycles. The molecular formula is C21H19N3O7. The van der Waals surface area contributed by atoms with E-state index in [1.807, 2.05) is 0 Å². The van der Waals surface area contributed by atoms with Crippen LogP contribution < -0.4 is 20.1 Å². The van der Waals surface area contributed by atoms with Gasteiger partial charge in [-0.15, -0.1) is 0 Å². The minimum absolute atomic E-state index is 0.0826. The highest BCUT2D eigenvalue weighted by atomic mass is 16.7. The SMILES string of the molecule is COC(=O)c1cccc(NC(=O)CN2C(=O)NC(C)(c3ccc4c(c3)OCO4)C2=O)c1. The van der Waals surface area contributed by atoms with E-state index in [2.05, 4.69) is 15.4 Å². The van der Waals surface area contributed by atoms with Crippen molar-refractivity contribution in [1.29, 1.82) is 0 Å². The van der Waals surface area contributed by atoms with Gasteiger partial charge in [0.05, 0.1) is 12.7 Å². The van der Waals surface area contributed by atoms with Gasteiger partial charge in [0.15, 0.2) is 11.5 Å². The Bertz CT molecular complexity index is 1100. The van der Waals surface area contributed by atoms with E-state index in [-0.39, 0.29) is 12.4 Å². The second-order valence-corrected chi connectivity index (χ2v) is 7.14. The third-order valence-corrected chi connectivity index (χ3v) is 5.09. The van der Waals surface area contributed by atoms with Crippen molar-refractivity contribution in [2.75, 3.05) is 25.8 Å². The molecule has 1 unspecified atom stereocenters. The number of benzene rings is 2. The van der Waals surface area contributed by atoms with Gasteiger partial charge in [0.1, 0.15) is 12.1 Å². The first-order valence-electron chi connectivity index (χ1n) is 9.34. The number of ether oxygens (including phenoxy) is 3. The van der Waals surface area contributed by atoms with Crippen LogP contribution in [-0.4, -0.2) is 49.2 Å². The monoisotopic (exact) mass is 425 g/mol. The molecule has 2 aromatic rings. The number of hydrogen-bond donors (Lipinski definition) is 2. The van der Waals surface area contributed by atoms with Crippen LogP contribution in [0.2, 0.25) is 0 Å². The van der Waals surface area contributed by atoms with Gasteiger partial charge in [-0.3, -0.25) is 14.5 Å².